The van der Waals surface area contributed by atoms with Crippen molar-refractivity contribution in [1.29, 1.82) is 0 Å². The summed E-state index contributed by atoms with van der Waals surface area (Å²) in [7, 11) is 0. The smallest absolute Gasteiger partial charge is 0.00992 e. The summed E-state index contributed by atoms with van der Waals surface area (Å²) in [5.74, 6) is 0. The van der Waals surface area contributed by atoms with Crippen molar-refractivity contribution in [3.8, 4) is 11.1 Å². The van der Waals surface area contributed by atoms with Gasteiger partial charge >= 0.3 is 0 Å². The average molecular weight is 209 g/mol. The molecule has 0 aromatic heterocycles. The predicted octanol–water partition coefficient (Wildman–Crippen LogP) is 4.50. The Morgan fingerprint density at radius 3 is 2.44 bits per heavy atom. The summed E-state index contributed by atoms with van der Waals surface area (Å²) in [5.41, 5.74) is 3.85. The Morgan fingerprint density at radius 2 is 1.81 bits per heavy atom. The summed E-state index contributed by atoms with van der Waals surface area (Å²) in [5, 5.41) is 0. The van der Waals surface area contributed by atoms with Crippen LogP contribution in [0.25, 0.3) is 11.1 Å². The molecule has 0 aliphatic heterocycles. The Balaban J connectivity index is 2.13. The molecule has 81 valence electrons. The molecule has 0 heterocycles. The molecule has 0 heteroatoms. The molecule has 0 atom stereocenters. The van der Waals surface area contributed by atoms with Crippen molar-refractivity contribution >= 4 is 0 Å². The number of unbranched alkanes of at least 4 members (excludes halogenated alkanes) is 1. The highest BCUT2D eigenvalue weighted by molar-refractivity contribution is 5.62. The molecular weight excluding hydrogens is 192 g/mol. The molecule has 0 bridgehead atoms. The summed E-state index contributed by atoms with van der Waals surface area (Å²) in [6.07, 6.45) is 3.72. The van der Waals surface area contributed by atoms with E-state index in [0.29, 0.717) is 0 Å². The van der Waals surface area contributed by atoms with E-state index in [4.69, 9.17) is 0 Å². The Labute approximate surface area is 97.9 Å². The zero-order valence-corrected chi connectivity index (χ0v) is 9.74. The van der Waals surface area contributed by atoms with E-state index in [1.807, 2.05) is 12.1 Å². The van der Waals surface area contributed by atoms with Gasteiger partial charge in [-0.05, 0) is 35.6 Å². The van der Waals surface area contributed by atoms with Gasteiger partial charge < -0.3 is 0 Å². The molecule has 0 aliphatic carbocycles. The largest absolute Gasteiger partial charge is 0.0654 e. The lowest BCUT2D eigenvalue weighted by Crippen LogP contribution is -1.84. The fourth-order valence-electron chi connectivity index (χ4n) is 1.80. The predicted molar refractivity (Wildman–Crippen MR) is 69.3 cm³/mol. The van der Waals surface area contributed by atoms with Crippen LogP contribution in [0.15, 0.2) is 48.5 Å². The third-order valence-corrected chi connectivity index (χ3v) is 2.79. The van der Waals surface area contributed by atoms with Crippen LogP contribution in [0.1, 0.15) is 25.3 Å². The number of hydrogen-bond acceptors (Lipinski definition) is 0. The van der Waals surface area contributed by atoms with Gasteiger partial charge in [-0.15, -0.1) is 0 Å². The molecule has 0 N–H and O–H groups in total. The summed E-state index contributed by atoms with van der Waals surface area (Å²) in [4.78, 5) is 0. The van der Waals surface area contributed by atoms with Crippen LogP contribution in [0.2, 0.25) is 0 Å². The Morgan fingerprint density at radius 1 is 1.00 bits per heavy atom. The zero-order valence-electron chi connectivity index (χ0n) is 9.74. The van der Waals surface area contributed by atoms with Gasteiger partial charge in [0.25, 0.3) is 0 Å². The minimum Gasteiger partial charge on any atom is -0.0654 e. The van der Waals surface area contributed by atoms with Gasteiger partial charge in [0.15, 0.2) is 0 Å². The van der Waals surface area contributed by atoms with Crippen molar-refractivity contribution in [3.05, 3.63) is 60.2 Å². The summed E-state index contributed by atoms with van der Waals surface area (Å²) in [6.45, 7) is 2.23. The molecule has 2 aromatic carbocycles. The lowest BCUT2D eigenvalue weighted by molar-refractivity contribution is 0.795. The summed E-state index contributed by atoms with van der Waals surface area (Å²) >= 11 is 0. The highest BCUT2D eigenvalue weighted by Gasteiger charge is 1.97. The van der Waals surface area contributed by atoms with Crippen LogP contribution in [-0.4, -0.2) is 0 Å². The monoisotopic (exact) mass is 209 g/mol. The van der Waals surface area contributed by atoms with Gasteiger partial charge in [0.1, 0.15) is 0 Å². The van der Waals surface area contributed by atoms with Crippen molar-refractivity contribution in [2.75, 3.05) is 0 Å². The van der Waals surface area contributed by atoms with Gasteiger partial charge in [0, 0.05) is 0 Å². The number of hydrogen-bond donors (Lipinski definition) is 0. The van der Waals surface area contributed by atoms with Gasteiger partial charge in [-0.3, -0.25) is 0 Å². The minimum atomic E-state index is 1.17. The molecular formula is C16H17. The van der Waals surface area contributed by atoms with Gasteiger partial charge in [-0.1, -0.05) is 61.9 Å². The SMILES string of the molecule is CCCCc1ccc(-c2[c]cccc2)cc1. The first-order chi connectivity index (χ1) is 7.90. The number of rotatable bonds is 4. The van der Waals surface area contributed by atoms with E-state index in [0.717, 1.165) is 0 Å². The summed E-state index contributed by atoms with van der Waals surface area (Å²) < 4.78 is 0. The van der Waals surface area contributed by atoms with Crippen molar-refractivity contribution in [2.24, 2.45) is 0 Å². The number of benzene rings is 2. The van der Waals surface area contributed by atoms with Crippen LogP contribution in [0, 0.1) is 6.07 Å². The molecule has 2 aromatic rings. The second kappa shape index (κ2) is 5.50. The average Bonchev–Trinajstić information content (AvgIpc) is 2.38. The second-order valence-electron chi connectivity index (χ2n) is 4.08. The van der Waals surface area contributed by atoms with E-state index < -0.39 is 0 Å². The molecule has 0 fully saturated rings. The van der Waals surface area contributed by atoms with Crippen LogP contribution in [0.4, 0.5) is 0 Å². The molecule has 0 saturated heterocycles. The molecule has 0 aliphatic rings. The van der Waals surface area contributed by atoms with E-state index in [2.05, 4.69) is 49.4 Å². The maximum Gasteiger partial charge on any atom is -0.00992 e. The summed E-state index contributed by atoms with van der Waals surface area (Å²) in [6, 6.07) is 20.2. The highest BCUT2D eigenvalue weighted by atomic mass is 14.0. The van der Waals surface area contributed by atoms with Crippen LogP contribution in [-0.2, 0) is 6.42 Å². The quantitative estimate of drug-likeness (QED) is 0.695. The molecule has 0 saturated carbocycles. The van der Waals surface area contributed by atoms with Gasteiger partial charge in [0.05, 0.1) is 0 Å². The van der Waals surface area contributed by atoms with E-state index in [-0.39, 0.29) is 0 Å². The van der Waals surface area contributed by atoms with Crippen molar-refractivity contribution in [2.45, 2.75) is 26.2 Å². The Bertz CT molecular complexity index is 412. The fraction of sp³-hybridized carbons (Fsp3) is 0.250. The molecule has 0 nitrogen and oxygen atoms in total. The second-order valence-corrected chi connectivity index (χ2v) is 4.08. The normalized spacial score (nSPS) is 10.3. The van der Waals surface area contributed by atoms with Crippen LogP contribution >= 0.6 is 0 Å². The lowest BCUT2D eigenvalue weighted by Gasteiger charge is -2.03. The number of aryl methyl sites for hydroxylation is 1. The van der Waals surface area contributed by atoms with Gasteiger partial charge in [-0.25, -0.2) is 0 Å². The fourth-order valence-corrected chi connectivity index (χ4v) is 1.80. The Kier molecular flexibility index (Phi) is 3.76. The maximum atomic E-state index is 3.25. The minimum absolute atomic E-state index is 1.17. The van der Waals surface area contributed by atoms with Crippen molar-refractivity contribution in [1.82, 2.24) is 0 Å². The topological polar surface area (TPSA) is 0 Å². The maximum absolute atomic E-state index is 3.25. The first kappa shape index (κ1) is 10.9. The molecule has 0 spiro atoms. The van der Waals surface area contributed by atoms with Gasteiger partial charge in [0.2, 0.25) is 0 Å². The van der Waals surface area contributed by atoms with Crippen LogP contribution in [0.5, 0.6) is 0 Å². The van der Waals surface area contributed by atoms with E-state index in [9.17, 15) is 0 Å². The zero-order chi connectivity index (χ0) is 11.2. The highest BCUT2D eigenvalue weighted by Crippen LogP contribution is 2.19. The van der Waals surface area contributed by atoms with Crippen molar-refractivity contribution in [3.63, 3.8) is 0 Å². The molecule has 1 radical (unpaired) electrons. The molecule has 2 rings (SSSR count). The molecule has 0 amide bonds. The standard InChI is InChI=1S/C16H17/c1-2-3-7-14-10-12-16(13-11-14)15-8-5-4-6-9-15/h4-6,8,10-13H,2-3,7H2,1H3. The first-order valence-corrected chi connectivity index (χ1v) is 5.96. The van der Waals surface area contributed by atoms with Gasteiger partial charge in [-0.2, -0.15) is 0 Å². The molecule has 0 unspecified atom stereocenters. The lowest BCUT2D eigenvalue weighted by atomic mass is 10.0. The third kappa shape index (κ3) is 2.73. The van der Waals surface area contributed by atoms with E-state index in [1.165, 1.54) is 36.0 Å². The van der Waals surface area contributed by atoms with Crippen LogP contribution in [0.3, 0.4) is 0 Å². The Hall–Kier alpha value is -1.56. The van der Waals surface area contributed by atoms with E-state index in [1.54, 1.807) is 0 Å². The van der Waals surface area contributed by atoms with E-state index >= 15 is 0 Å². The van der Waals surface area contributed by atoms with Crippen molar-refractivity contribution < 1.29 is 0 Å². The van der Waals surface area contributed by atoms with Crippen LogP contribution < -0.4 is 0 Å². The third-order valence-electron chi connectivity index (χ3n) is 2.79. The molecule has 16 heavy (non-hydrogen) atoms. The first-order valence-electron chi connectivity index (χ1n) is 5.96.